The second kappa shape index (κ2) is 8.60. The van der Waals surface area contributed by atoms with Crippen molar-refractivity contribution in [2.45, 2.75) is 13.8 Å². The van der Waals surface area contributed by atoms with Gasteiger partial charge in [-0.1, -0.05) is 40.6 Å². The van der Waals surface area contributed by atoms with Crippen LogP contribution in [0.2, 0.25) is 10.0 Å². The summed E-state index contributed by atoms with van der Waals surface area (Å²) in [4.78, 5) is 29.3. The number of aryl methyl sites for hydroxylation is 2. The summed E-state index contributed by atoms with van der Waals surface area (Å²) in [7, 11) is 0. The van der Waals surface area contributed by atoms with E-state index in [1.54, 1.807) is 43.3 Å². The van der Waals surface area contributed by atoms with Crippen LogP contribution in [0.15, 0.2) is 42.5 Å². The normalized spacial score (nSPS) is 10.4. The number of hydrogen-bond acceptors (Lipinski definition) is 4. The number of nitrogens with one attached hydrogen (secondary N) is 3. The zero-order valence-electron chi connectivity index (χ0n) is 15.0. The highest BCUT2D eigenvalue weighted by Crippen LogP contribution is 2.25. The molecule has 0 aliphatic carbocycles. The highest BCUT2D eigenvalue weighted by atomic mass is 35.5. The van der Waals surface area contributed by atoms with Gasteiger partial charge in [0.2, 0.25) is 0 Å². The molecule has 0 unspecified atom stereocenters. The Labute approximate surface area is 175 Å². The Morgan fingerprint density at radius 2 is 1.61 bits per heavy atom. The summed E-state index contributed by atoms with van der Waals surface area (Å²) in [5.41, 5.74) is 2.61. The van der Waals surface area contributed by atoms with Crippen LogP contribution in [0.1, 0.15) is 20.9 Å². The lowest BCUT2D eigenvalue weighted by Gasteiger charge is -2.06. The first-order valence-corrected chi connectivity index (χ1v) is 9.77. The number of aromatic nitrogens is 1. The summed E-state index contributed by atoms with van der Waals surface area (Å²) in [6.45, 7) is 3.59. The minimum absolute atomic E-state index is 0.316. The number of halogens is 2. The molecule has 0 saturated carbocycles. The Morgan fingerprint density at radius 3 is 2.29 bits per heavy atom. The van der Waals surface area contributed by atoms with Crippen LogP contribution in [-0.4, -0.2) is 16.9 Å². The summed E-state index contributed by atoms with van der Waals surface area (Å²) in [5, 5.41) is 9.54. The van der Waals surface area contributed by atoms with Gasteiger partial charge in [0, 0.05) is 21.4 Å². The number of urea groups is 1. The topological polar surface area (TPSA) is 83.1 Å². The summed E-state index contributed by atoms with van der Waals surface area (Å²) < 4.78 is 0. The number of benzene rings is 2. The molecule has 28 heavy (non-hydrogen) atoms. The van der Waals surface area contributed by atoms with Gasteiger partial charge in [-0.25, -0.2) is 9.78 Å². The first-order chi connectivity index (χ1) is 13.3. The molecule has 3 N–H and O–H groups in total. The molecule has 1 aromatic heterocycles. The van der Waals surface area contributed by atoms with Crippen LogP contribution >= 0.6 is 34.5 Å². The van der Waals surface area contributed by atoms with Crippen molar-refractivity contribution >= 4 is 63.0 Å². The average Bonchev–Trinajstić information content (AvgIpc) is 3.00. The van der Waals surface area contributed by atoms with Gasteiger partial charge in [-0.15, -0.1) is 0 Å². The fourth-order valence-electron chi connectivity index (χ4n) is 2.31. The molecule has 0 aliphatic rings. The molecule has 0 aliphatic heterocycles. The van der Waals surface area contributed by atoms with E-state index in [0.29, 0.717) is 37.1 Å². The van der Waals surface area contributed by atoms with E-state index in [4.69, 9.17) is 23.2 Å². The number of rotatable bonds is 4. The molecule has 3 aromatic rings. The zero-order valence-corrected chi connectivity index (χ0v) is 17.3. The highest BCUT2D eigenvalue weighted by Gasteiger charge is 2.17. The van der Waals surface area contributed by atoms with Crippen LogP contribution in [0.4, 0.5) is 21.3 Å². The molecule has 0 bridgehead atoms. The van der Waals surface area contributed by atoms with Crippen LogP contribution in [0, 0.1) is 13.8 Å². The first-order valence-electron chi connectivity index (χ1n) is 8.20. The molecule has 3 rings (SSSR count). The SMILES string of the molecule is Cc1ccc(NC(=O)c2sc(NC(=O)Nc3ccc(Cl)cc3)nc2C)cc1Cl. The molecular weight excluding hydrogens is 419 g/mol. The number of anilines is 3. The van der Waals surface area contributed by atoms with Crippen LogP contribution in [0.25, 0.3) is 0 Å². The summed E-state index contributed by atoms with van der Waals surface area (Å²) >= 11 is 13.0. The summed E-state index contributed by atoms with van der Waals surface area (Å²) in [6.07, 6.45) is 0. The van der Waals surface area contributed by atoms with Gasteiger partial charge in [-0.05, 0) is 55.8 Å². The molecule has 3 amide bonds. The van der Waals surface area contributed by atoms with E-state index in [2.05, 4.69) is 20.9 Å². The molecule has 0 fully saturated rings. The van der Waals surface area contributed by atoms with E-state index < -0.39 is 6.03 Å². The van der Waals surface area contributed by atoms with Crippen molar-refractivity contribution in [2.24, 2.45) is 0 Å². The molecule has 0 spiro atoms. The Hall–Kier alpha value is -2.61. The fraction of sp³-hybridized carbons (Fsp3) is 0.105. The number of hydrogen-bond donors (Lipinski definition) is 3. The van der Waals surface area contributed by atoms with Gasteiger partial charge in [0.15, 0.2) is 5.13 Å². The van der Waals surface area contributed by atoms with Gasteiger partial charge in [-0.2, -0.15) is 0 Å². The molecule has 2 aromatic carbocycles. The average molecular weight is 435 g/mol. The Balaban J connectivity index is 1.66. The van der Waals surface area contributed by atoms with Crippen molar-refractivity contribution in [3.05, 3.63) is 68.6 Å². The van der Waals surface area contributed by atoms with E-state index in [-0.39, 0.29) is 5.91 Å². The third-order valence-corrected chi connectivity index (χ3v) is 5.49. The predicted octanol–water partition coefficient (Wildman–Crippen LogP) is 5.96. The molecule has 0 atom stereocenters. The van der Waals surface area contributed by atoms with Crippen molar-refractivity contribution in [2.75, 3.05) is 16.0 Å². The van der Waals surface area contributed by atoms with Gasteiger partial charge in [0.25, 0.3) is 5.91 Å². The number of carbonyl (C=O) groups is 2. The number of carbonyl (C=O) groups excluding carboxylic acids is 2. The lowest BCUT2D eigenvalue weighted by molar-refractivity contribution is 0.103. The third-order valence-electron chi connectivity index (χ3n) is 3.76. The first kappa shape index (κ1) is 20.1. The van der Waals surface area contributed by atoms with Crippen molar-refractivity contribution in [3.63, 3.8) is 0 Å². The monoisotopic (exact) mass is 434 g/mol. The van der Waals surface area contributed by atoms with Crippen molar-refractivity contribution < 1.29 is 9.59 Å². The maximum atomic E-state index is 12.5. The fourth-order valence-corrected chi connectivity index (χ4v) is 3.47. The molecule has 0 saturated heterocycles. The van der Waals surface area contributed by atoms with Gasteiger partial charge >= 0.3 is 6.03 Å². The van der Waals surface area contributed by atoms with Crippen LogP contribution in [-0.2, 0) is 0 Å². The molecule has 0 radical (unpaired) electrons. The van der Waals surface area contributed by atoms with Crippen LogP contribution in [0.5, 0.6) is 0 Å². The van der Waals surface area contributed by atoms with Gasteiger partial charge in [0.05, 0.1) is 5.69 Å². The minimum atomic E-state index is -0.464. The molecule has 9 heteroatoms. The Kier molecular flexibility index (Phi) is 6.18. The Bertz CT molecular complexity index is 1030. The number of nitrogens with zero attached hydrogens (tertiary/aromatic N) is 1. The second-order valence-electron chi connectivity index (χ2n) is 5.94. The minimum Gasteiger partial charge on any atom is -0.321 e. The van der Waals surface area contributed by atoms with Gasteiger partial charge in [0.1, 0.15) is 4.88 Å². The van der Waals surface area contributed by atoms with E-state index >= 15 is 0 Å². The predicted molar refractivity (Wildman–Crippen MR) is 115 cm³/mol. The molecule has 144 valence electrons. The van der Waals surface area contributed by atoms with Gasteiger partial charge < -0.3 is 10.6 Å². The molecular formula is C19H16Cl2N4O2S. The number of thiazole rings is 1. The summed E-state index contributed by atoms with van der Waals surface area (Å²) in [5.74, 6) is -0.318. The maximum absolute atomic E-state index is 12.5. The summed E-state index contributed by atoms with van der Waals surface area (Å²) in [6, 6.07) is 11.5. The van der Waals surface area contributed by atoms with Crippen molar-refractivity contribution in [1.29, 1.82) is 0 Å². The van der Waals surface area contributed by atoms with Crippen molar-refractivity contribution in [3.8, 4) is 0 Å². The standard InChI is InChI=1S/C19H16Cl2N4O2S/c1-10-3-6-14(9-15(10)21)23-17(26)16-11(2)22-19(28-16)25-18(27)24-13-7-4-12(20)5-8-13/h3-9H,1-2H3,(H,23,26)(H2,22,24,25,27). The Morgan fingerprint density at radius 1 is 0.929 bits per heavy atom. The third kappa shape index (κ3) is 5.01. The van der Waals surface area contributed by atoms with E-state index in [0.717, 1.165) is 16.9 Å². The van der Waals surface area contributed by atoms with E-state index in [1.165, 1.54) is 0 Å². The molecule has 1 heterocycles. The second-order valence-corrected chi connectivity index (χ2v) is 7.78. The largest absolute Gasteiger partial charge is 0.325 e. The lowest BCUT2D eigenvalue weighted by atomic mass is 10.2. The number of amides is 3. The maximum Gasteiger partial charge on any atom is 0.325 e. The van der Waals surface area contributed by atoms with E-state index in [1.807, 2.05) is 13.0 Å². The quantitative estimate of drug-likeness (QED) is 0.473. The lowest BCUT2D eigenvalue weighted by Crippen LogP contribution is -2.19. The zero-order chi connectivity index (χ0) is 20.3. The van der Waals surface area contributed by atoms with Gasteiger partial charge in [-0.3, -0.25) is 10.1 Å². The van der Waals surface area contributed by atoms with Crippen LogP contribution in [0.3, 0.4) is 0 Å². The van der Waals surface area contributed by atoms with Crippen molar-refractivity contribution in [1.82, 2.24) is 4.98 Å². The smallest absolute Gasteiger partial charge is 0.321 e. The van der Waals surface area contributed by atoms with E-state index in [9.17, 15) is 9.59 Å². The molecule has 6 nitrogen and oxygen atoms in total. The highest BCUT2D eigenvalue weighted by molar-refractivity contribution is 7.17. The van der Waals surface area contributed by atoms with Crippen LogP contribution < -0.4 is 16.0 Å².